The van der Waals surface area contributed by atoms with E-state index in [9.17, 15) is 20.1 Å². The molecule has 0 saturated heterocycles. The SMILES string of the molecule is COC(=O)C=Cc1ccc(O[C@@H](CO)[C@H](O)c2ccc(O)c(OC)c2)c(OC)c1. The number of aliphatic hydroxyl groups is 2. The highest BCUT2D eigenvalue weighted by atomic mass is 16.5. The lowest BCUT2D eigenvalue weighted by atomic mass is 10.0. The summed E-state index contributed by atoms with van der Waals surface area (Å²) in [5, 5.41) is 30.0. The normalized spacial score (nSPS) is 13.0. The number of aromatic hydroxyl groups is 1. The first kappa shape index (κ1) is 22.1. The molecule has 0 bridgehead atoms. The molecule has 2 rings (SSSR count). The molecule has 0 spiro atoms. The van der Waals surface area contributed by atoms with Gasteiger partial charge in [-0.05, 0) is 41.5 Å². The highest BCUT2D eigenvalue weighted by Crippen LogP contribution is 2.34. The first-order valence-electron chi connectivity index (χ1n) is 8.70. The number of esters is 1. The summed E-state index contributed by atoms with van der Waals surface area (Å²) in [6.45, 7) is -0.475. The predicted molar refractivity (Wildman–Crippen MR) is 105 cm³/mol. The van der Waals surface area contributed by atoms with E-state index in [0.29, 0.717) is 22.6 Å². The number of phenolic OH excluding ortho intramolecular Hbond substituents is 1. The highest BCUT2D eigenvalue weighted by Gasteiger charge is 2.24. The number of hydrogen-bond acceptors (Lipinski definition) is 8. The van der Waals surface area contributed by atoms with Crippen LogP contribution in [0.4, 0.5) is 0 Å². The first-order chi connectivity index (χ1) is 13.9. The molecule has 0 aliphatic heterocycles. The largest absolute Gasteiger partial charge is 0.504 e. The van der Waals surface area contributed by atoms with E-state index in [0.717, 1.165) is 0 Å². The van der Waals surface area contributed by atoms with Gasteiger partial charge in [-0.3, -0.25) is 0 Å². The zero-order chi connectivity index (χ0) is 21.4. The van der Waals surface area contributed by atoms with Crippen LogP contribution in [-0.4, -0.2) is 55.3 Å². The van der Waals surface area contributed by atoms with Gasteiger partial charge in [0.2, 0.25) is 0 Å². The molecule has 2 atom stereocenters. The summed E-state index contributed by atoms with van der Waals surface area (Å²) < 4.78 is 20.7. The molecule has 0 heterocycles. The van der Waals surface area contributed by atoms with Crippen molar-refractivity contribution in [3.63, 3.8) is 0 Å². The second-order valence-corrected chi connectivity index (χ2v) is 5.98. The smallest absolute Gasteiger partial charge is 0.330 e. The van der Waals surface area contributed by atoms with E-state index in [4.69, 9.17) is 14.2 Å². The maximum atomic E-state index is 11.2. The van der Waals surface area contributed by atoms with Crippen molar-refractivity contribution >= 4 is 12.0 Å². The zero-order valence-corrected chi connectivity index (χ0v) is 16.4. The molecule has 2 aromatic carbocycles. The monoisotopic (exact) mass is 404 g/mol. The van der Waals surface area contributed by atoms with Crippen molar-refractivity contribution in [1.82, 2.24) is 0 Å². The van der Waals surface area contributed by atoms with Gasteiger partial charge >= 0.3 is 5.97 Å². The summed E-state index contributed by atoms with van der Waals surface area (Å²) in [5.74, 6) is 0.286. The molecule has 0 aromatic heterocycles. The van der Waals surface area contributed by atoms with Gasteiger partial charge in [0.15, 0.2) is 29.1 Å². The number of rotatable bonds is 9. The van der Waals surface area contributed by atoms with Crippen LogP contribution < -0.4 is 14.2 Å². The molecule has 0 fully saturated rings. The number of aliphatic hydroxyl groups excluding tert-OH is 2. The van der Waals surface area contributed by atoms with E-state index in [1.165, 1.54) is 45.6 Å². The van der Waals surface area contributed by atoms with Gasteiger partial charge in [0.1, 0.15) is 6.10 Å². The van der Waals surface area contributed by atoms with Crippen molar-refractivity contribution in [2.75, 3.05) is 27.9 Å². The van der Waals surface area contributed by atoms with E-state index in [-0.39, 0.29) is 11.5 Å². The number of phenols is 1. The molecule has 2 aromatic rings. The molecular formula is C21H24O8. The third kappa shape index (κ3) is 5.63. The van der Waals surface area contributed by atoms with Crippen LogP contribution in [0.5, 0.6) is 23.0 Å². The van der Waals surface area contributed by atoms with Gasteiger partial charge < -0.3 is 34.3 Å². The van der Waals surface area contributed by atoms with Crippen molar-refractivity contribution < 1.29 is 39.1 Å². The first-order valence-corrected chi connectivity index (χ1v) is 8.70. The third-order valence-corrected chi connectivity index (χ3v) is 4.16. The molecule has 0 unspecified atom stereocenters. The Labute approximate surface area is 168 Å². The number of ether oxygens (including phenoxy) is 4. The van der Waals surface area contributed by atoms with E-state index >= 15 is 0 Å². The Kier molecular flexibility index (Phi) is 7.88. The second kappa shape index (κ2) is 10.4. The van der Waals surface area contributed by atoms with Gasteiger partial charge in [0.25, 0.3) is 0 Å². The fraction of sp³-hybridized carbons (Fsp3) is 0.286. The maximum absolute atomic E-state index is 11.2. The van der Waals surface area contributed by atoms with Crippen molar-refractivity contribution in [3.05, 3.63) is 53.6 Å². The Morgan fingerprint density at radius 2 is 1.76 bits per heavy atom. The summed E-state index contributed by atoms with van der Waals surface area (Å²) in [7, 11) is 4.13. The lowest BCUT2D eigenvalue weighted by Crippen LogP contribution is -2.29. The van der Waals surface area contributed by atoms with E-state index < -0.39 is 24.8 Å². The number of carbonyl (C=O) groups is 1. The lowest BCUT2D eigenvalue weighted by Gasteiger charge is -2.24. The van der Waals surface area contributed by atoms with Gasteiger partial charge in [0.05, 0.1) is 27.9 Å². The zero-order valence-electron chi connectivity index (χ0n) is 16.4. The fourth-order valence-corrected chi connectivity index (χ4v) is 2.57. The van der Waals surface area contributed by atoms with Crippen LogP contribution in [-0.2, 0) is 9.53 Å². The number of carbonyl (C=O) groups excluding carboxylic acids is 1. The van der Waals surface area contributed by atoms with Crippen LogP contribution in [0, 0.1) is 0 Å². The van der Waals surface area contributed by atoms with Crippen molar-refractivity contribution in [2.24, 2.45) is 0 Å². The molecule has 0 saturated carbocycles. The second-order valence-electron chi connectivity index (χ2n) is 5.98. The van der Waals surface area contributed by atoms with Crippen LogP contribution in [0.25, 0.3) is 6.08 Å². The summed E-state index contributed by atoms with van der Waals surface area (Å²) >= 11 is 0. The molecule has 0 aliphatic rings. The summed E-state index contributed by atoms with van der Waals surface area (Å²) in [4.78, 5) is 11.2. The molecule has 0 radical (unpaired) electrons. The van der Waals surface area contributed by atoms with Crippen LogP contribution in [0.3, 0.4) is 0 Å². The molecule has 0 amide bonds. The molecular weight excluding hydrogens is 380 g/mol. The Balaban J connectivity index is 2.23. The number of benzene rings is 2. The fourth-order valence-electron chi connectivity index (χ4n) is 2.57. The maximum Gasteiger partial charge on any atom is 0.330 e. The van der Waals surface area contributed by atoms with Gasteiger partial charge in [-0.25, -0.2) is 4.79 Å². The average molecular weight is 404 g/mol. The topological polar surface area (TPSA) is 115 Å². The average Bonchev–Trinajstić information content (AvgIpc) is 2.75. The minimum absolute atomic E-state index is 0.0674. The van der Waals surface area contributed by atoms with Gasteiger partial charge in [-0.2, -0.15) is 0 Å². The quantitative estimate of drug-likeness (QED) is 0.430. The van der Waals surface area contributed by atoms with Crippen molar-refractivity contribution in [2.45, 2.75) is 12.2 Å². The molecule has 156 valence electrons. The molecule has 8 heteroatoms. The minimum Gasteiger partial charge on any atom is -0.504 e. The number of methoxy groups -OCH3 is 3. The van der Waals surface area contributed by atoms with Crippen LogP contribution >= 0.6 is 0 Å². The Morgan fingerprint density at radius 1 is 1.03 bits per heavy atom. The highest BCUT2D eigenvalue weighted by molar-refractivity contribution is 5.87. The van der Waals surface area contributed by atoms with Gasteiger partial charge in [0, 0.05) is 6.08 Å². The minimum atomic E-state index is -1.20. The van der Waals surface area contributed by atoms with Gasteiger partial charge in [-0.15, -0.1) is 0 Å². The van der Waals surface area contributed by atoms with Crippen molar-refractivity contribution in [3.8, 4) is 23.0 Å². The molecule has 8 nitrogen and oxygen atoms in total. The van der Waals surface area contributed by atoms with Crippen LogP contribution in [0.15, 0.2) is 42.5 Å². The molecule has 0 aliphatic carbocycles. The Hall–Kier alpha value is -3.23. The van der Waals surface area contributed by atoms with Crippen molar-refractivity contribution in [1.29, 1.82) is 0 Å². The Bertz CT molecular complexity index is 862. The molecule has 29 heavy (non-hydrogen) atoms. The number of hydrogen-bond donors (Lipinski definition) is 3. The van der Waals surface area contributed by atoms with Crippen LogP contribution in [0.1, 0.15) is 17.2 Å². The summed E-state index contributed by atoms with van der Waals surface area (Å²) in [6.07, 6.45) is 0.625. The molecule has 3 N–H and O–H groups in total. The van der Waals surface area contributed by atoms with Gasteiger partial charge in [-0.1, -0.05) is 12.1 Å². The van der Waals surface area contributed by atoms with E-state index in [2.05, 4.69) is 4.74 Å². The standard InChI is InChI=1S/C21H24O8/c1-26-17-11-14(6-7-15(17)23)21(25)19(12-22)29-16-8-4-13(10-18(16)27-2)5-9-20(24)28-3/h4-11,19,21-23,25H,12H2,1-3H3/t19-,21+/m0/s1. The Morgan fingerprint density at radius 3 is 2.38 bits per heavy atom. The summed E-state index contributed by atoms with van der Waals surface area (Å²) in [5.41, 5.74) is 1.07. The van der Waals surface area contributed by atoms with E-state index in [1.807, 2.05) is 0 Å². The lowest BCUT2D eigenvalue weighted by molar-refractivity contribution is -0.134. The third-order valence-electron chi connectivity index (χ3n) is 4.16. The van der Waals surface area contributed by atoms with E-state index in [1.54, 1.807) is 24.3 Å². The van der Waals surface area contributed by atoms with Crippen LogP contribution in [0.2, 0.25) is 0 Å². The summed E-state index contributed by atoms with van der Waals surface area (Å²) in [6, 6.07) is 9.27. The predicted octanol–water partition coefficient (Wildman–Crippen LogP) is 2.07.